The van der Waals surface area contributed by atoms with E-state index in [1.54, 1.807) is 44.5 Å². The zero-order chi connectivity index (χ0) is 48.9. The van der Waals surface area contributed by atoms with Gasteiger partial charge in [-0.3, -0.25) is 19.9 Å². The van der Waals surface area contributed by atoms with E-state index in [0.29, 0.717) is 34.1 Å². The van der Waals surface area contributed by atoms with Crippen LogP contribution < -0.4 is 5.32 Å². The number of nitrogens with one attached hydrogen (secondary N) is 1. The fourth-order valence-corrected chi connectivity index (χ4v) is 10.3. The van der Waals surface area contributed by atoms with Crippen LogP contribution in [0.1, 0.15) is 107 Å². The number of rotatable bonds is 10. The van der Waals surface area contributed by atoms with E-state index in [4.69, 9.17) is 28.9 Å². The Morgan fingerprint density at radius 3 is 2.44 bits per heavy atom. The SMILES string of the molecule is CCC(=O)/N=C1\[C@H](C)C[C@@]2(C)OC/C(=N/OCc3ccc(-c4nc(NC(=O)O)cs4)cn3)CCC([C@H]1C)[C@](C)(O)[C@@H](CC)OC(=O)[C@@](C)(F)C(=O)[C@H](C)[C@H]2O[C@@H]1O[C@H](C)C[C@H](N(C)C)[C@H]1O. The molecule has 0 spiro atoms. The van der Waals surface area contributed by atoms with Gasteiger partial charge in [-0.05, 0) is 97.9 Å². The van der Waals surface area contributed by atoms with Gasteiger partial charge in [0.2, 0.25) is 5.91 Å². The van der Waals surface area contributed by atoms with Gasteiger partial charge in [0.1, 0.15) is 28.6 Å². The number of Topliss-reactive ketones (excluding diaryl/α,β-unsaturated/α-hetero) is 1. The molecule has 3 aliphatic rings. The van der Waals surface area contributed by atoms with Gasteiger partial charge in [0.25, 0.3) is 5.67 Å². The smallest absolute Gasteiger partial charge is 0.410 e. The highest BCUT2D eigenvalue weighted by Crippen LogP contribution is 2.43. The van der Waals surface area contributed by atoms with Gasteiger partial charge in [-0.25, -0.2) is 24.0 Å². The summed E-state index contributed by atoms with van der Waals surface area (Å²) in [4.78, 5) is 73.9. The number of anilines is 1. The number of cyclic esters (lactones) is 1. The number of carbonyl (C=O) groups is 4. The standard InChI is InChI=1S/C46H67FN6O12S/c1-12-33-46(9,60)31-17-16-30(52-62-22-29-15-14-28(20-48-29)40-49-34(23-66-40)50-43(58)59)21-61-44(7,19-24(3)36(26(31)5)51-35(54)13-2)39(27(6)38(56)45(8,47)42(57)64-33)65-41-37(55)32(53(10)11)18-25(4)63-41/h14-15,20,23-27,31-33,37,39,41,50,55,60H,12-13,16-19,21-22H2,1-11H3,(H,58,59)/b51-36+,52-30+/t24-,25-,26-,27+,31?,32+,33-,37-,39-,41+,44-,45+,46+/m1/s1. The number of halogens is 1. The number of ether oxygens (including phenoxy) is 4. The van der Waals surface area contributed by atoms with Gasteiger partial charge in [-0.15, -0.1) is 11.3 Å². The number of aromatic nitrogens is 2. The van der Waals surface area contributed by atoms with Gasteiger partial charge in [0.05, 0.1) is 35.8 Å². The Balaban J connectivity index is 1.63. The van der Waals surface area contributed by atoms with Crippen LogP contribution in [0.2, 0.25) is 0 Å². The molecule has 1 unspecified atom stereocenters. The van der Waals surface area contributed by atoms with Gasteiger partial charge in [-0.2, -0.15) is 0 Å². The lowest BCUT2D eigenvalue weighted by atomic mass is 9.68. The van der Waals surface area contributed by atoms with Crippen LogP contribution in [0.4, 0.5) is 15.0 Å². The fraction of sp³-hybridized carbons (Fsp3) is 0.696. The van der Waals surface area contributed by atoms with E-state index in [-0.39, 0.29) is 51.1 Å². The summed E-state index contributed by atoms with van der Waals surface area (Å²) in [7, 11) is 3.63. The molecule has 66 heavy (non-hydrogen) atoms. The van der Waals surface area contributed by atoms with Crippen molar-refractivity contribution in [3.63, 3.8) is 0 Å². The van der Waals surface area contributed by atoms with Crippen molar-refractivity contribution in [1.29, 1.82) is 0 Å². The molecule has 0 saturated carbocycles. The first kappa shape index (κ1) is 52.7. The van der Waals surface area contributed by atoms with Crippen LogP contribution in [0.5, 0.6) is 0 Å². The molecule has 13 atom stereocenters. The molecule has 2 amide bonds. The predicted molar refractivity (Wildman–Crippen MR) is 244 cm³/mol. The Morgan fingerprint density at radius 1 is 1.11 bits per heavy atom. The molecule has 366 valence electrons. The predicted octanol–water partition coefficient (Wildman–Crippen LogP) is 6.22. The van der Waals surface area contributed by atoms with Crippen LogP contribution in [0, 0.1) is 23.7 Å². The van der Waals surface area contributed by atoms with Crippen molar-refractivity contribution in [2.24, 2.45) is 33.8 Å². The Kier molecular flexibility index (Phi) is 17.4. The maximum atomic E-state index is 17.0. The van der Waals surface area contributed by atoms with E-state index in [1.165, 1.54) is 25.2 Å². The van der Waals surface area contributed by atoms with Gasteiger partial charge >= 0.3 is 12.1 Å². The monoisotopic (exact) mass is 946 g/mol. The molecule has 3 aliphatic heterocycles. The van der Waals surface area contributed by atoms with Gasteiger partial charge in [0, 0.05) is 47.2 Å². The Bertz CT molecular complexity index is 2100. The van der Waals surface area contributed by atoms with Gasteiger partial charge in [-0.1, -0.05) is 39.8 Å². The zero-order valence-corrected chi connectivity index (χ0v) is 40.6. The molecule has 2 aromatic rings. The zero-order valence-electron chi connectivity index (χ0n) is 39.8. The van der Waals surface area contributed by atoms with Crippen molar-refractivity contribution in [3.8, 4) is 10.6 Å². The number of aliphatic imine (C=N–C) groups is 1. The number of fused-ring (bicyclic) bond motifs is 5. The molecule has 5 heterocycles. The average molecular weight is 947 g/mol. The molecule has 18 nitrogen and oxygen atoms in total. The highest BCUT2D eigenvalue weighted by atomic mass is 32.1. The molecule has 20 heteroatoms. The van der Waals surface area contributed by atoms with Crippen LogP contribution in [0.25, 0.3) is 10.6 Å². The fourth-order valence-electron chi connectivity index (χ4n) is 9.57. The molecule has 0 radical (unpaired) electrons. The van der Waals surface area contributed by atoms with Crippen molar-refractivity contribution in [3.05, 3.63) is 29.4 Å². The molecule has 3 fully saturated rings. The lowest BCUT2D eigenvalue weighted by molar-refractivity contribution is -0.296. The third-order valence-electron chi connectivity index (χ3n) is 13.3. The second-order valence-corrected chi connectivity index (χ2v) is 19.5. The van der Waals surface area contributed by atoms with Gasteiger partial charge in [0.15, 0.2) is 18.7 Å². The first-order valence-corrected chi connectivity index (χ1v) is 23.5. The summed E-state index contributed by atoms with van der Waals surface area (Å²) in [6.45, 7) is 14.1. The largest absolute Gasteiger partial charge is 0.465 e. The molecule has 5 rings (SSSR count). The third kappa shape index (κ3) is 12.0. The molecular formula is C46H67FN6O12S. The summed E-state index contributed by atoms with van der Waals surface area (Å²) < 4.78 is 42.6. The Morgan fingerprint density at radius 2 is 1.82 bits per heavy atom. The number of carboxylic acid groups (broad SMARTS) is 1. The number of hydrogen-bond donors (Lipinski definition) is 4. The van der Waals surface area contributed by atoms with Crippen LogP contribution >= 0.6 is 11.3 Å². The van der Waals surface area contributed by atoms with Crippen molar-refractivity contribution < 1.29 is 62.7 Å². The van der Waals surface area contributed by atoms with E-state index in [2.05, 4.69) is 25.4 Å². The van der Waals surface area contributed by atoms with Crippen molar-refractivity contribution in [2.45, 2.75) is 161 Å². The number of oxime groups is 1. The number of thiazole rings is 1. The summed E-state index contributed by atoms with van der Waals surface area (Å²) in [5, 5.41) is 42.2. The van der Waals surface area contributed by atoms with E-state index in [9.17, 15) is 29.4 Å². The number of aliphatic hydroxyl groups excluding tert-OH is 1. The number of alkyl halides is 1. The van der Waals surface area contributed by atoms with Crippen LogP contribution in [-0.4, -0.2) is 140 Å². The van der Waals surface area contributed by atoms with Crippen molar-refractivity contribution in [2.75, 3.05) is 26.0 Å². The minimum absolute atomic E-state index is 0.0296. The first-order chi connectivity index (χ1) is 30.9. The molecule has 0 aliphatic carbocycles. The Hall–Kier alpha value is -4.31. The molecule has 0 aromatic carbocycles. The van der Waals surface area contributed by atoms with Crippen LogP contribution in [-0.2, 0) is 44.8 Å². The molecular weight excluding hydrogens is 880 g/mol. The second kappa shape index (κ2) is 21.8. The third-order valence-corrected chi connectivity index (χ3v) is 14.2. The van der Waals surface area contributed by atoms with E-state index in [0.717, 1.165) is 6.92 Å². The number of pyridine rings is 1. The second-order valence-electron chi connectivity index (χ2n) is 18.7. The minimum atomic E-state index is -3.21. The highest BCUT2D eigenvalue weighted by molar-refractivity contribution is 7.13. The number of esters is 1. The van der Waals surface area contributed by atoms with E-state index >= 15 is 4.39 Å². The number of hydrogen-bond acceptors (Lipinski definition) is 16. The quantitative estimate of drug-likeness (QED) is 0.117. The molecule has 2 bridgehead atoms. The van der Waals surface area contributed by atoms with E-state index in [1.807, 2.05) is 39.8 Å². The van der Waals surface area contributed by atoms with Crippen LogP contribution in [0.3, 0.4) is 0 Å². The molecule has 2 aromatic heterocycles. The van der Waals surface area contributed by atoms with E-state index < -0.39 is 101 Å². The number of amides is 2. The number of carbonyl (C=O) groups excluding carboxylic acids is 3. The first-order valence-electron chi connectivity index (χ1n) is 22.6. The lowest BCUT2D eigenvalue weighted by Gasteiger charge is -2.48. The summed E-state index contributed by atoms with van der Waals surface area (Å²) in [6.07, 6.45) is -4.29. The summed E-state index contributed by atoms with van der Waals surface area (Å²) in [6, 6.07) is 3.07. The Labute approximate surface area is 389 Å². The van der Waals surface area contributed by atoms with Crippen molar-refractivity contribution in [1.82, 2.24) is 14.9 Å². The number of nitrogens with zero attached hydrogens (tertiary/aromatic N) is 5. The average Bonchev–Trinajstić information content (AvgIpc) is 3.72. The van der Waals surface area contributed by atoms with Crippen LogP contribution in [0.15, 0.2) is 33.9 Å². The summed E-state index contributed by atoms with van der Waals surface area (Å²) in [5.74, 6) is -6.29. The van der Waals surface area contributed by atoms with Crippen molar-refractivity contribution >= 4 is 52.3 Å². The summed E-state index contributed by atoms with van der Waals surface area (Å²) >= 11 is 1.25. The molecule has 3 saturated heterocycles. The number of aliphatic hydroxyl groups is 2. The maximum Gasteiger partial charge on any atom is 0.410 e. The lowest BCUT2D eigenvalue weighted by Crippen LogP contribution is -2.61. The maximum absolute atomic E-state index is 17.0. The normalized spacial score (nSPS) is 36.3. The number of ketones is 1. The van der Waals surface area contributed by atoms with Gasteiger partial charge < -0.3 is 44.0 Å². The highest BCUT2D eigenvalue weighted by Gasteiger charge is 2.56. The minimum Gasteiger partial charge on any atom is -0.465 e. The number of likely N-dealkylation sites (N-methyl/N-ethyl adjacent to an activating group) is 1. The summed E-state index contributed by atoms with van der Waals surface area (Å²) in [5.41, 5.74) is -4.64. The topological polar surface area (TPSA) is 241 Å². The molecule has 4 N–H and O–H groups in total.